The molecule has 4 N–H and O–H groups in total. The average Bonchev–Trinajstić information content (AvgIpc) is 2.64. The van der Waals surface area contributed by atoms with Gasteiger partial charge in [-0.05, 0) is 18.2 Å². The Morgan fingerprint density at radius 2 is 1.85 bits per heavy atom. The average molecular weight is 411 g/mol. The lowest BCUT2D eigenvalue weighted by molar-refractivity contribution is 0.241. The Hall–Kier alpha value is -2.76. The smallest absolute Gasteiger partial charge is 0.314 e. The van der Waals surface area contributed by atoms with Gasteiger partial charge in [0.15, 0.2) is 0 Å². The fourth-order valence-corrected chi connectivity index (χ4v) is 2.57. The number of urea groups is 1. The molecule has 2 aromatic rings. The molecule has 27 heavy (non-hydrogen) atoms. The second-order valence-corrected chi connectivity index (χ2v) is 6.14. The molecule has 2 rings (SSSR count). The van der Waals surface area contributed by atoms with Gasteiger partial charge in [-0.25, -0.2) is 14.2 Å². The highest BCUT2D eigenvalue weighted by Crippen LogP contribution is 2.22. The summed E-state index contributed by atoms with van der Waals surface area (Å²) >= 11 is 11.7. The molecule has 0 bridgehead atoms. The van der Waals surface area contributed by atoms with Crippen LogP contribution in [0.4, 0.5) is 20.7 Å². The number of anilines is 2. The zero-order chi connectivity index (χ0) is 19.6. The van der Waals surface area contributed by atoms with Crippen molar-refractivity contribution in [1.29, 1.82) is 5.26 Å². The van der Waals surface area contributed by atoms with Crippen LogP contribution in [0.15, 0.2) is 30.5 Å². The molecule has 1 heterocycles. The number of pyridine rings is 1. The maximum Gasteiger partial charge on any atom is 0.314 e. The summed E-state index contributed by atoms with van der Waals surface area (Å²) in [7, 11) is 0. The van der Waals surface area contributed by atoms with E-state index in [1.54, 1.807) is 18.2 Å². The van der Waals surface area contributed by atoms with Gasteiger partial charge in [-0.3, -0.25) is 0 Å². The van der Waals surface area contributed by atoms with Crippen molar-refractivity contribution >= 4 is 40.7 Å². The van der Waals surface area contributed by atoms with Crippen molar-refractivity contribution in [3.05, 3.63) is 51.9 Å². The van der Waals surface area contributed by atoms with E-state index < -0.39 is 5.82 Å². The number of aromatic nitrogens is 1. The van der Waals surface area contributed by atoms with Crippen LogP contribution in [-0.2, 0) is 0 Å². The minimum Gasteiger partial charge on any atom is -0.382 e. The van der Waals surface area contributed by atoms with Crippen LogP contribution in [0.25, 0.3) is 0 Å². The second kappa shape index (κ2) is 10.4. The molecule has 7 nitrogen and oxygen atoms in total. The number of benzene rings is 1. The van der Waals surface area contributed by atoms with E-state index >= 15 is 0 Å². The number of hydrogen-bond donors (Lipinski definition) is 4. The Morgan fingerprint density at radius 3 is 2.52 bits per heavy atom. The normalized spacial score (nSPS) is 10.0. The Bertz CT molecular complexity index is 843. The fourth-order valence-electron chi connectivity index (χ4n) is 2.12. The molecule has 0 unspecified atom stereocenters. The molecule has 0 saturated carbocycles. The number of amides is 2. The number of nitriles is 1. The van der Waals surface area contributed by atoms with Crippen LogP contribution in [0.2, 0.25) is 10.0 Å². The van der Waals surface area contributed by atoms with Gasteiger partial charge < -0.3 is 21.3 Å². The van der Waals surface area contributed by atoms with E-state index in [1.165, 1.54) is 18.3 Å². The molecule has 0 aliphatic carbocycles. The largest absolute Gasteiger partial charge is 0.382 e. The van der Waals surface area contributed by atoms with E-state index in [0.29, 0.717) is 47.7 Å². The van der Waals surface area contributed by atoms with E-state index in [2.05, 4.69) is 26.3 Å². The van der Waals surface area contributed by atoms with E-state index in [4.69, 9.17) is 28.5 Å². The first-order chi connectivity index (χ1) is 13.0. The van der Waals surface area contributed by atoms with Crippen LogP contribution in [0.1, 0.15) is 5.56 Å². The van der Waals surface area contributed by atoms with Gasteiger partial charge in [-0.15, -0.1) is 0 Å². The van der Waals surface area contributed by atoms with Gasteiger partial charge in [-0.2, -0.15) is 5.26 Å². The van der Waals surface area contributed by atoms with Gasteiger partial charge >= 0.3 is 6.03 Å². The summed E-state index contributed by atoms with van der Waals surface area (Å²) < 4.78 is 13.5. The molecule has 10 heteroatoms. The van der Waals surface area contributed by atoms with Crippen molar-refractivity contribution in [3.8, 4) is 6.07 Å². The van der Waals surface area contributed by atoms with Crippen molar-refractivity contribution in [2.75, 3.05) is 36.8 Å². The molecule has 1 aromatic heterocycles. The monoisotopic (exact) mass is 410 g/mol. The lowest BCUT2D eigenvalue weighted by Crippen LogP contribution is -2.40. The summed E-state index contributed by atoms with van der Waals surface area (Å²) in [5.41, 5.74) is 0.332. The fraction of sp³-hybridized carbons (Fsp3) is 0.235. The van der Waals surface area contributed by atoms with Crippen molar-refractivity contribution in [2.24, 2.45) is 0 Å². The summed E-state index contributed by atoms with van der Waals surface area (Å²) in [5.74, 6) is -0.105. The lowest BCUT2D eigenvalue weighted by Gasteiger charge is -2.11. The van der Waals surface area contributed by atoms with Crippen molar-refractivity contribution in [2.45, 2.75) is 0 Å². The minimum absolute atomic E-state index is 0.0532. The highest BCUT2D eigenvalue weighted by atomic mass is 35.5. The molecule has 1 aromatic carbocycles. The van der Waals surface area contributed by atoms with E-state index in [1.807, 2.05) is 0 Å². The minimum atomic E-state index is -0.587. The molecule has 0 spiro atoms. The first-order valence-electron chi connectivity index (χ1n) is 8.00. The summed E-state index contributed by atoms with van der Waals surface area (Å²) in [5, 5.41) is 21.0. The van der Waals surface area contributed by atoms with E-state index in [9.17, 15) is 9.18 Å². The van der Waals surface area contributed by atoms with Crippen LogP contribution in [0.3, 0.4) is 0 Å². The molecule has 142 valence electrons. The molecule has 0 aliphatic rings. The highest BCUT2D eigenvalue weighted by molar-refractivity contribution is 6.35. The number of nitrogens with zero attached hydrogens (tertiary/aromatic N) is 2. The van der Waals surface area contributed by atoms with Crippen LogP contribution < -0.4 is 21.3 Å². The van der Waals surface area contributed by atoms with Crippen LogP contribution in [-0.4, -0.2) is 37.2 Å². The highest BCUT2D eigenvalue weighted by Gasteiger charge is 2.07. The second-order valence-electron chi connectivity index (χ2n) is 5.29. The van der Waals surface area contributed by atoms with E-state index in [0.717, 1.165) is 0 Å². The number of rotatable bonds is 8. The molecule has 0 aliphatic heterocycles. The zero-order valence-electron chi connectivity index (χ0n) is 14.2. The predicted octanol–water partition coefficient (Wildman–Crippen LogP) is 3.22. The third-order valence-electron chi connectivity index (χ3n) is 3.36. The maximum atomic E-state index is 13.5. The Morgan fingerprint density at radius 1 is 1.15 bits per heavy atom. The summed E-state index contributed by atoms with van der Waals surface area (Å²) in [6.45, 7) is 1.41. The van der Waals surface area contributed by atoms with E-state index in [-0.39, 0.29) is 11.6 Å². The first kappa shape index (κ1) is 20.6. The van der Waals surface area contributed by atoms with Gasteiger partial charge in [0.05, 0.1) is 15.7 Å². The molecule has 0 radical (unpaired) electrons. The Labute approximate surface area is 165 Å². The quantitative estimate of drug-likeness (QED) is 0.500. The van der Waals surface area contributed by atoms with Gasteiger partial charge in [0.25, 0.3) is 0 Å². The van der Waals surface area contributed by atoms with Crippen LogP contribution >= 0.6 is 23.2 Å². The standard InChI is InChI=1S/C17H17Cl2FN6O/c18-11-8-13(19)16(26-10-11)23-5-7-25-17(27)24-6-4-22-15-3-1-2-14(20)12(15)9-21/h1-3,8,10,22H,4-7H2,(H,23,26)(H2,24,25,27). The number of carbonyl (C=O) groups excluding carboxylic acids is 1. The third kappa shape index (κ3) is 6.47. The number of halogens is 3. The van der Waals surface area contributed by atoms with Crippen LogP contribution in [0.5, 0.6) is 0 Å². The summed E-state index contributed by atoms with van der Waals surface area (Å²) in [6.07, 6.45) is 1.47. The van der Waals surface area contributed by atoms with Crippen molar-refractivity contribution in [3.63, 3.8) is 0 Å². The van der Waals surface area contributed by atoms with Gasteiger partial charge in [0, 0.05) is 32.4 Å². The molecular weight excluding hydrogens is 394 g/mol. The van der Waals surface area contributed by atoms with Gasteiger partial charge in [-0.1, -0.05) is 29.3 Å². The maximum absolute atomic E-state index is 13.5. The molecule has 2 amide bonds. The summed E-state index contributed by atoms with van der Waals surface area (Å²) in [6, 6.07) is 7.35. The SMILES string of the molecule is N#Cc1c(F)cccc1NCCNC(=O)NCCNc1ncc(Cl)cc1Cl. The number of nitrogens with one attached hydrogen (secondary N) is 4. The third-order valence-corrected chi connectivity index (χ3v) is 3.86. The van der Waals surface area contributed by atoms with Gasteiger partial charge in [0.1, 0.15) is 23.3 Å². The van der Waals surface area contributed by atoms with Crippen molar-refractivity contribution < 1.29 is 9.18 Å². The zero-order valence-corrected chi connectivity index (χ0v) is 15.7. The molecule has 0 saturated heterocycles. The predicted molar refractivity (Wildman–Crippen MR) is 104 cm³/mol. The number of carbonyl (C=O) groups is 1. The van der Waals surface area contributed by atoms with Crippen molar-refractivity contribution in [1.82, 2.24) is 15.6 Å². The number of hydrogen-bond acceptors (Lipinski definition) is 5. The van der Waals surface area contributed by atoms with Crippen LogP contribution in [0, 0.1) is 17.1 Å². The summed E-state index contributed by atoms with van der Waals surface area (Å²) in [4.78, 5) is 15.7. The first-order valence-corrected chi connectivity index (χ1v) is 8.76. The molecule has 0 fully saturated rings. The Balaban J connectivity index is 1.63. The molecular formula is C17H17Cl2FN6O. The molecule has 0 atom stereocenters. The Kier molecular flexibility index (Phi) is 7.92. The lowest BCUT2D eigenvalue weighted by atomic mass is 10.2. The topological polar surface area (TPSA) is 102 Å². The van der Waals surface area contributed by atoms with Gasteiger partial charge in [0.2, 0.25) is 0 Å².